The van der Waals surface area contributed by atoms with Crippen molar-refractivity contribution in [3.05, 3.63) is 84.7 Å². The molecule has 14 nitrogen and oxygen atoms in total. The topological polar surface area (TPSA) is 185 Å². The van der Waals surface area contributed by atoms with Crippen molar-refractivity contribution in [3.63, 3.8) is 0 Å². The van der Waals surface area contributed by atoms with Crippen molar-refractivity contribution in [1.82, 2.24) is 24.6 Å². The lowest BCUT2D eigenvalue weighted by molar-refractivity contribution is -0.148. The standard InChI is InChI=1S/C36H44N7O7P/c1-23(32(44)47-21-35(2,3)4)42-51(46,50-28-17-11-15-25-14-9-10-16-27(25)28)48-20-26-18-36(5,45)33(49-26)43-22-39-29-30(40-34(37)41-31(29)43)38-19-24-12-7-6-8-13-24/h6-17,22-23,26,33,45H,18-21H2,1-5H3,(H,42,46)(H3,37,38,40,41)/t23-,26-,33?,36+,51?/m0/s1. The molecule has 51 heavy (non-hydrogen) atoms. The number of hydrogen-bond acceptors (Lipinski definition) is 12. The minimum absolute atomic E-state index is 0.0186. The Balaban J connectivity index is 1.21. The molecule has 0 saturated carbocycles. The highest BCUT2D eigenvalue weighted by atomic mass is 31.2. The van der Waals surface area contributed by atoms with Gasteiger partial charge in [-0.2, -0.15) is 15.1 Å². The predicted octanol–water partition coefficient (Wildman–Crippen LogP) is 5.98. The van der Waals surface area contributed by atoms with E-state index in [1.54, 1.807) is 23.6 Å². The van der Waals surface area contributed by atoms with E-state index in [0.717, 1.165) is 10.9 Å². The number of nitrogens with one attached hydrogen (secondary N) is 2. The molecule has 3 heterocycles. The lowest BCUT2D eigenvalue weighted by Gasteiger charge is -2.25. The molecule has 15 heteroatoms. The van der Waals surface area contributed by atoms with E-state index in [1.807, 2.05) is 81.4 Å². The largest absolute Gasteiger partial charge is 0.464 e. The van der Waals surface area contributed by atoms with Gasteiger partial charge in [0.1, 0.15) is 17.4 Å². The molecular weight excluding hydrogens is 673 g/mol. The number of aliphatic hydroxyl groups is 1. The van der Waals surface area contributed by atoms with Gasteiger partial charge < -0.3 is 30.2 Å². The first-order chi connectivity index (χ1) is 24.2. The Bertz CT molecular complexity index is 2050. The maximum Gasteiger partial charge on any atom is 0.459 e. The molecule has 5 aromatic rings. The molecule has 5 N–H and O–H groups in total. The quantitative estimate of drug-likeness (QED) is 0.0824. The van der Waals surface area contributed by atoms with Gasteiger partial charge in [-0.05, 0) is 36.3 Å². The van der Waals surface area contributed by atoms with Crippen LogP contribution in [-0.2, 0) is 29.9 Å². The molecule has 0 spiro atoms. The Morgan fingerprint density at radius 3 is 2.61 bits per heavy atom. The number of imidazole rings is 1. The third kappa shape index (κ3) is 8.66. The second-order valence-electron chi connectivity index (χ2n) is 14.1. The predicted molar refractivity (Wildman–Crippen MR) is 194 cm³/mol. The Kier molecular flexibility index (Phi) is 10.3. The number of carbonyl (C=O) groups excluding carboxylic acids is 1. The van der Waals surface area contributed by atoms with Crippen LogP contribution < -0.4 is 20.7 Å². The van der Waals surface area contributed by atoms with Crippen molar-refractivity contribution >= 4 is 47.4 Å². The van der Waals surface area contributed by atoms with Gasteiger partial charge >= 0.3 is 13.7 Å². The van der Waals surface area contributed by atoms with Gasteiger partial charge in [-0.3, -0.25) is 13.9 Å². The number of anilines is 2. The van der Waals surface area contributed by atoms with Crippen LogP contribution in [0.3, 0.4) is 0 Å². The molecule has 0 bridgehead atoms. The van der Waals surface area contributed by atoms with Gasteiger partial charge in [0.05, 0.1) is 25.6 Å². The number of nitrogens with zero attached hydrogens (tertiary/aromatic N) is 4. The number of ether oxygens (including phenoxy) is 2. The molecule has 3 aromatic carbocycles. The highest BCUT2D eigenvalue weighted by Gasteiger charge is 2.47. The van der Waals surface area contributed by atoms with Gasteiger partial charge in [-0.25, -0.2) is 9.55 Å². The Morgan fingerprint density at radius 1 is 1.12 bits per heavy atom. The highest BCUT2D eigenvalue weighted by Crippen LogP contribution is 2.48. The summed E-state index contributed by atoms with van der Waals surface area (Å²) in [5.41, 5.74) is 6.27. The lowest BCUT2D eigenvalue weighted by atomic mass is 9.99. The molecule has 0 aliphatic carbocycles. The minimum atomic E-state index is -4.26. The summed E-state index contributed by atoms with van der Waals surface area (Å²) in [6.07, 6.45) is -0.0821. The molecule has 1 saturated heterocycles. The number of nitrogen functional groups attached to an aromatic ring is 1. The van der Waals surface area contributed by atoms with E-state index in [2.05, 4.69) is 25.4 Å². The number of fused-ring (bicyclic) bond motifs is 2. The van der Waals surface area contributed by atoms with Crippen LogP contribution in [0.15, 0.2) is 79.1 Å². The van der Waals surface area contributed by atoms with Crippen molar-refractivity contribution < 1.29 is 33.0 Å². The fourth-order valence-electron chi connectivity index (χ4n) is 5.79. The fourth-order valence-corrected chi connectivity index (χ4v) is 7.33. The molecule has 270 valence electrons. The lowest BCUT2D eigenvalue weighted by Crippen LogP contribution is -2.37. The van der Waals surface area contributed by atoms with Crippen LogP contribution in [0.25, 0.3) is 21.9 Å². The van der Waals surface area contributed by atoms with E-state index in [9.17, 15) is 14.5 Å². The Labute approximate surface area is 296 Å². The number of nitrogens with two attached hydrogens (primary N) is 1. The highest BCUT2D eigenvalue weighted by molar-refractivity contribution is 7.52. The summed E-state index contributed by atoms with van der Waals surface area (Å²) < 4.78 is 39.9. The van der Waals surface area contributed by atoms with E-state index >= 15 is 0 Å². The van der Waals surface area contributed by atoms with Crippen molar-refractivity contribution in [3.8, 4) is 5.75 Å². The van der Waals surface area contributed by atoms with E-state index in [-0.39, 0.29) is 31.0 Å². The summed E-state index contributed by atoms with van der Waals surface area (Å²) in [5.74, 6) is 0.145. The number of rotatable bonds is 13. The molecule has 2 unspecified atom stereocenters. The summed E-state index contributed by atoms with van der Waals surface area (Å²) in [7, 11) is -4.26. The minimum Gasteiger partial charge on any atom is -0.464 e. The van der Waals surface area contributed by atoms with E-state index in [1.165, 1.54) is 13.3 Å². The van der Waals surface area contributed by atoms with Gasteiger partial charge in [0, 0.05) is 18.4 Å². The SMILES string of the molecule is C[C@H](NP(=O)(OC[C@@H]1C[C@@](C)(O)C(n2cnc3c(NCc4ccccc4)nc(N)nc32)O1)Oc1cccc2ccccc12)C(=O)OCC(C)(C)C. The molecule has 1 aliphatic heterocycles. The van der Waals surface area contributed by atoms with Crippen LogP contribution >= 0.6 is 7.75 Å². The van der Waals surface area contributed by atoms with Crippen LogP contribution in [0.5, 0.6) is 5.75 Å². The molecule has 1 aliphatic rings. The van der Waals surface area contributed by atoms with Gasteiger partial charge in [-0.1, -0.05) is 87.5 Å². The summed E-state index contributed by atoms with van der Waals surface area (Å²) in [6.45, 7) is 9.38. The maximum atomic E-state index is 14.4. The fraction of sp³-hybridized carbons (Fsp3) is 0.389. The Morgan fingerprint density at radius 2 is 1.84 bits per heavy atom. The zero-order valence-corrected chi connectivity index (χ0v) is 30.2. The van der Waals surface area contributed by atoms with Crippen LogP contribution in [-0.4, -0.2) is 61.6 Å². The van der Waals surface area contributed by atoms with Crippen molar-refractivity contribution in [1.29, 1.82) is 0 Å². The number of hydrogen-bond donors (Lipinski definition) is 4. The van der Waals surface area contributed by atoms with E-state index in [0.29, 0.717) is 34.7 Å². The van der Waals surface area contributed by atoms with Gasteiger partial charge in [0.15, 0.2) is 23.2 Å². The first-order valence-electron chi connectivity index (χ1n) is 16.7. The van der Waals surface area contributed by atoms with Crippen molar-refractivity contribution in [2.24, 2.45) is 5.41 Å². The number of aromatic nitrogens is 4. The summed E-state index contributed by atoms with van der Waals surface area (Å²) >= 11 is 0. The third-order valence-corrected chi connectivity index (χ3v) is 9.87. The van der Waals surface area contributed by atoms with Crippen LogP contribution in [0.1, 0.15) is 52.8 Å². The second-order valence-corrected chi connectivity index (χ2v) is 15.8. The molecule has 2 aromatic heterocycles. The molecule has 5 atom stereocenters. The maximum absolute atomic E-state index is 14.4. The number of benzene rings is 3. The summed E-state index contributed by atoms with van der Waals surface area (Å²) in [6, 6.07) is 21.6. The normalized spacial score (nSPS) is 21.0. The van der Waals surface area contributed by atoms with Crippen LogP contribution in [0.4, 0.5) is 11.8 Å². The van der Waals surface area contributed by atoms with Gasteiger partial charge in [-0.15, -0.1) is 0 Å². The zero-order chi connectivity index (χ0) is 36.4. The average molecular weight is 718 g/mol. The van der Waals surface area contributed by atoms with Crippen LogP contribution in [0, 0.1) is 5.41 Å². The molecule has 0 amide bonds. The van der Waals surface area contributed by atoms with Gasteiger partial charge in [0.2, 0.25) is 5.95 Å². The monoisotopic (exact) mass is 717 g/mol. The van der Waals surface area contributed by atoms with E-state index in [4.69, 9.17) is 24.3 Å². The van der Waals surface area contributed by atoms with Crippen molar-refractivity contribution in [2.75, 3.05) is 24.3 Å². The first kappa shape index (κ1) is 36.2. The number of carbonyl (C=O) groups is 1. The molecule has 6 rings (SSSR count). The van der Waals surface area contributed by atoms with Crippen LogP contribution in [0.2, 0.25) is 0 Å². The summed E-state index contributed by atoms with van der Waals surface area (Å²) in [5, 5.41) is 19.2. The summed E-state index contributed by atoms with van der Waals surface area (Å²) in [4.78, 5) is 26.2. The first-order valence-corrected chi connectivity index (χ1v) is 18.3. The smallest absolute Gasteiger partial charge is 0.459 e. The number of esters is 1. The molecule has 1 fully saturated rings. The average Bonchev–Trinajstić information content (AvgIpc) is 3.64. The van der Waals surface area contributed by atoms with Gasteiger partial charge in [0.25, 0.3) is 0 Å². The molecule has 0 radical (unpaired) electrons. The van der Waals surface area contributed by atoms with E-state index < -0.39 is 37.7 Å². The third-order valence-electron chi connectivity index (χ3n) is 8.24. The zero-order valence-electron chi connectivity index (χ0n) is 29.3. The van der Waals surface area contributed by atoms with Crippen molar-refractivity contribution in [2.45, 2.75) is 71.6 Å². The molecular formula is C36H44N7O7P. The Hall–Kier alpha value is -4.59. The second kappa shape index (κ2) is 14.6.